The summed E-state index contributed by atoms with van der Waals surface area (Å²) in [4.78, 5) is 14.3. The Morgan fingerprint density at radius 1 is 1.43 bits per heavy atom. The molecule has 1 aromatic rings. The lowest BCUT2D eigenvalue weighted by atomic mass is 9.97. The molecule has 0 amide bonds. The third-order valence-electron chi connectivity index (χ3n) is 3.97. The van der Waals surface area contributed by atoms with E-state index in [0.717, 1.165) is 38.2 Å². The molecule has 5 nitrogen and oxygen atoms in total. The van der Waals surface area contributed by atoms with Crippen LogP contribution < -0.4 is 5.73 Å². The molecule has 0 aliphatic carbocycles. The van der Waals surface area contributed by atoms with Crippen molar-refractivity contribution in [3.63, 3.8) is 0 Å². The Morgan fingerprint density at radius 3 is 2.95 bits per heavy atom. The third kappa shape index (κ3) is 3.95. The van der Waals surface area contributed by atoms with Crippen LogP contribution >= 0.6 is 0 Å². The van der Waals surface area contributed by atoms with Gasteiger partial charge in [0.2, 0.25) is 0 Å². The molecule has 2 N–H and O–H groups in total. The molecule has 2 rings (SSSR count). The van der Waals surface area contributed by atoms with Gasteiger partial charge in [-0.1, -0.05) is 12.1 Å². The van der Waals surface area contributed by atoms with Crippen LogP contribution in [-0.4, -0.2) is 44.8 Å². The molecule has 1 atom stereocenters. The van der Waals surface area contributed by atoms with Crippen LogP contribution in [0.4, 0.5) is 5.69 Å². The van der Waals surface area contributed by atoms with Gasteiger partial charge in [-0.05, 0) is 36.9 Å². The van der Waals surface area contributed by atoms with Crippen molar-refractivity contribution in [3.8, 4) is 0 Å². The molecule has 1 heterocycles. The second kappa shape index (κ2) is 7.43. The summed E-state index contributed by atoms with van der Waals surface area (Å²) in [6, 6.07) is 5.57. The number of methoxy groups -OCH3 is 2. The molecule has 0 radical (unpaired) electrons. The zero-order chi connectivity index (χ0) is 15.2. The Bertz CT molecular complexity index is 488. The van der Waals surface area contributed by atoms with E-state index in [0.29, 0.717) is 17.2 Å². The molecule has 116 valence electrons. The molecule has 1 aliphatic rings. The number of nitrogens with zero attached hydrogens (tertiary/aromatic N) is 1. The van der Waals surface area contributed by atoms with Gasteiger partial charge >= 0.3 is 5.97 Å². The molecule has 0 saturated carbocycles. The van der Waals surface area contributed by atoms with Crippen LogP contribution in [0.2, 0.25) is 0 Å². The maximum atomic E-state index is 11.9. The van der Waals surface area contributed by atoms with Crippen molar-refractivity contribution in [1.82, 2.24) is 4.90 Å². The molecular formula is C16H24N2O3. The van der Waals surface area contributed by atoms with Gasteiger partial charge in [0.15, 0.2) is 0 Å². The fourth-order valence-electron chi connectivity index (χ4n) is 3.01. The van der Waals surface area contributed by atoms with Crippen LogP contribution in [0, 0.1) is 5.92 Å². The zero-order valence-electron chi connectivity index (χ0n) is 12.8. The first-order chi connectivity index (χ1) is 10.2. The SMILES string of the molecule is COCC1CCCN(Cc2cccc(N)c2C(=O)OC)C1. The normalized spacial score (nSPS) is 19.4. The molecule has 5 heteroatoms. The maximum Gasteiger partial charge on any atom is 0.340 e. The molecule has 21 heavy (non-hydrogen) atoms. The molecule has 1 unspecified atom stereocenters. The first-order valence-electron chi connectivity index (χ1n) is 7.32. The summed E-state index contributed by atoms with van der Waals surface area (Å²) >= 11 is 0. The Balaban J connectivity index is 2.12. The number of carbonyl (C=O) groups is 1. The lowest BCUT2D eigenvalue weighted by Gasteiger charge is -2.32. The molecule has 1 saturated heterocycles. The highest BCUT2D eigenvalue weighted by Gasteiger charge is 2.22. The largest absolute Gasteiger partial charge is 0.465 e. The van der Waals surface area contributed by atoms with Gasteiger partial charge in [-0.15, -0.1) is 0 Å². The van der Waals surface area contributed by atoms with Crippen molar-refractivity contribution in [1.29, 1.82) is 0 Å². The van der Waals surface area contributed by atoms with E-state index in [1.165, 1.54) is 13.5 Å². The number of likely N-dealkylation sites (tertiary alicyclic amines) is 1. The zero-order valence-corrected chi connectivity index (χ0v) is 12.8. The summed E-state index contributed by atoms with van der Waals surface area (Å²) in [6.45, 7) is 3.53. The number of anilines is 1. The van der Waals surface area contributed by atoms with Crippen molar-refractivity contribution in [3.05, 3.63) is 29.3 Å². The Labute approximate surface area is 126 Å². The molecule has 0 bridgehead atoms. The minimum atomic E-state index is -0.367. The number of esters is 1. The summed E-state index contributed by atoms with van der Waals surface area (Å²) in [5.41, 5.74) is 7.84. The van der Waals surface area contributed by atoms with E-state index in [4.69, 9.17) is 15.2 Å². The number of hydrogen-bond donors (Lipinski definition) is 1. The van der Waals surface area contributed by atoms with E-state index >= 15 is 0 Å². The van der Waals surface area contributed by atoms with E-state index in [9.17, 15) is 4.79 Å². The average Bonchev–Trinajstić information content (AvgIpc) is 2.47. The standard InChI is InChI=1S/C16H24N2O3/c1-20-11-12-5-4-8-18(9-12)10-13-6-3-7-14(17)15(13)16(19)21-2/h3,6-7,12H,4-5,8-11,17H2,1-2H3. The number of benzene rings is 1. The van der Waals surface area contributed by atoms with Crippen LogP contribution in [0.5, 0.6) is 0 Å². The quantitative estimate of drug-likeness (QED) is 0.663. The van der Waals surface area contributed by atoms with Crippen LogP contribution in [0.1, 0.15) is 28.8 Å². The summed E-state index contributed by atoms with van der Waals surface area (Å²) in [7, 11) is 3.13. The first-order valence-corrected chi connectivity index (χ1v) is 7.32. The van der Waals surface area contributed by atoms with Crippen molar-refractivity contribution in [2.45, 2.75) is 19.4 Å². The van der Waals surface area contributed by atoms with Gasteiger partial charge < -0.3 is 15.2 Å². The Kier molecular flexibility index (Phi) is 5.59. The number of carbonyl (C=O) groups excluding carboxylic acids is 1. The van der Waals surface area contributed by atoms with Gasteiger partial charge in [0.25, 0.3) is 0 Å². The number of nitrogens with two attached hydrogens (primary N) is 1. The van der Waals surface area contributed by atoms with E-state index in [-0.39, 0.29) is 5.97 Å². The molecule has 0 spiro atoms. The second-order valence-electron chi connectivity index (χ2n) is 5.57. The number of rotatable bonds is 5. The maximum absolute atomic E-state index is 11.9. The minimum absolute atomic E-state index is 0.367. The van der Waals surface area contributed by atoms with Crippen LogP contribution in [-0.2, 0) is 16.0 Å². The number of ether oxygens (including phenoxy) is 2. The predicted octanol–water partition coefficient (Wildman–Crippen LogP) is 1.91. The Morgan fingerprint density at radius 2 is 2.24 bits per heavy atom. The van der Waals surface area contributed by atoms with Gasteiger partial charge in [0.05, 0.1) is 19.3 Å². The highest BCUT2D eigenvalue weighted by atomic mass is 16.5. The molecule has 1 aliphatic heterocycles. The van der Waals surface area contributed by atoms with Crippen LogP contribution in [0.25, 0.3) is 0 Å². The summed E-state index contributed by atoms with van der Waals surface area (Å²) < 4.78 is 10.1. The third-order valence-corrected chi connectivity index (χ3v) is 3.97. The van der Waals surface area contributed by atoms with E-state index in [1.54, 1.807) is 13.2 Å². The van der Waals surface area contributed by atoms with Crippen LogP contribution in [0.3, 0.4) is 0 Å². The van der Waals surface area contributed by atoms with Crippen molar-refractivity contribution in [2.24, 2.45) is 5.92 Å². The highest BCUT2D eigenvalue weighted by Crippen LogP contribution is 2.23. The number of nitrogen functional groups attached to an aromatic ring is 1. The van der Waals surface area contributed by atoms with E-state index < -0.39 is 0 Å². The number of hydrogen-bond acceptors (Lipinski definition) is 5. The summed E-state index contributed by atoms with van der Waals surface area (Å²) in [5.74, 6) is 0.194. The fourth-order valence-corrected chi connectivity index (χ4v) is 3.01. The van der Waals surface area contributed by atoms with E-state index in [1.807, 2.05) is 12.1 Å². The first kappa shape index (κ1) is 15.8. The molecular weight excluding hydrogens is 268 g/mol. The molecule has 1 fully saturated rings. The second-order valence-corrected chi connectivity index (χ2v) is 5.57. The molecule has 0 aromatic heterocycles. The summed E-state index contributed by atoms with van der Waals surface area (Å²) in [6.07, 6.45) is 2.36. The van der Waals surface area contributed by atoms with E-state index in [2.05, 4.69) is 4.90 Å². The van der Waals surface area contributed by atoms with Crippen molar-refractivity contribution >= 4 is 11.7 Å². The van der Waals surface area contributed by atoms with Gasteiger partial charge in [0, 0.05) is 25.9 Å². The van der Waals surface area contributed by atoms with Crippen molar-refractivity contribution < 1.29 is 14.3 Å². The van der Waals surface area contributed by atoms with Crippen molar-refractivity contribution in [2.75, 3.05) is 39.6 Å². The van der Waals surface area contributed by atoms with Crippen LogP contribution in [0.15, 0.2) is 18.2 Å². The van der Waals surface area contributed by atoms with Gasteiger partial charge in [-0.25, -0.2) is 4.79 Å². The smallest absolute Gasteiger partial charge is 0.340 e. The topological polar surface area (TPSA) is 64.8 Å². The number of piperidine rings is 1. The monoisotopic (exact) mass is 292 g/mol. The lowest BCUT2D eigenvalue weighted by Crippen LogP contribution is -2.37. The minimum Gasteiger partial charge on any atom is -0.465 e. The fraction of sp³-hybridized carbons (Fsp3) is 0.562. The Hall–Kier alpha value is -1.59. The average molecular weight is 292 g/mol. The molecule has 1 aromatic carbocycles. The predicted molar refractivity (Wildman–Crippen MR) is 82.1 cm³/mol. The lowest BCUT2D eigenvalue weighted by molar-refractivity contribution is 0.0596. The van der Waals surface area contributed by atoms with Gasteiger partial charge in [-0.2, -0.15) is 0 Å². The highest BCUT2D eigenvalue weighted by molar-refractivity contribution is 5.96. The van der Waals surface area contributed by atoms with Gasteiger partial charge in [0.1, 0.15) is 0 Å². The summed E-state index contributed by atoms with van der Waals surface area (Å²) in [5, 5.41) is 0. The van der Waals surface area contributed by atoms with Gasteiger partial charge in [-0.3, -0.25) is 4.90 Å².